The fourth-order valence-corrected chi connectivity index (χ4v) is 3.00. The SMILES string of the molecule is CCCCCC(NC)c1cc2c(cc1Br)OCCO2. The highest BCUT2D eigenvalue weighted by molar-refractivity contribution is 9.10. The summed E-state index contributed by atoms with van der Waals surface area (Å²) in [5.74, 6) is 1.70. The van der Waals surface area contributed by atoms with E-state index in [1.165, 1.54) is 24.8 Å². The van der Waals surface area contributed by atoms with Gasteiger partial charge in [-0.3, -0.25) is 0 Å². The maximum absolute atomic E-state index is 5.67. The van der Waals surface area contributed by atoms with Crippen LogP contribution in [0, 0.1) is 0 Å². The first kappa shape index (κ1) is 14.7. The van der Waals surface area contributed by atoms with E-state index in [2.05, 4.69) is 34.2 Å². The second-order valence-corrected chi connectivity index (χ2v) is 5.71. The fourth-order valence-electron chi connectivity index (χ4n) is 2.40. The number of hydrogen-bond donors (Lipinski definition) is 1. The molecule has 19 heavy (non-hydrogen) atoms. The Morgan fingerprint density at radius 3 is 2.53 bits per heavy atom. The van der Waals surface area contributed by atoms with Crippen LogP contribution in [0.4, 0.5) is 0 Å². The summed E-state index contributed by atoms with van der Waals surface area (Å²) in [5.41, 5.74) is 1.25. The van der Waals surface area contributed by atoms with E-state index < -0.39 is 0 Å². The molecule has 1 unspecified atom stereocenters. The molecule has 0 aliphatic carbocycles. The number of unbranched alkanes of at least 4 members (excludes halogenated alkanes) is 2. The van der Waals surface area contributed by atoms with Gasteiger partial charge in [0.05, 0.1) is 0 Å². The molecule has 0 saturated carbocycles. The topological polar surface area (TPSA) is 30.5 Å². The molecule has 1 aromatic rings. The van der Waals surface area contributed by atoms with Gasteiger partial charge in [-0.1, -0.05) is 42.1 Å². The van der Waals surface area contributed by atoms with E-state index in [4.69, 9.17) is 9.47 Å². The first-order chi connectivity index (χ1) is 9.26. The molecule has 0 fully saturated rings. The molecule has 3 nitrogen and oxygen atoms in total. The molecule has 1 aromatic carbocycles. The zero-order valence-corrected chi connectivity index (χ0v) is 13.3. The molecule has 4 heteroatoms. The molecular weight excluding hydrogens is 306 g/mol. The van der Waals surface area contributed by atoms with Gasteiger partial charge >= 0.3 is 0 Å². The van der Waals surface area contributed by atoms with Crippen molar-refractivity contribution in [1.82, 2.24) is 5.32 Å². The summed E-state index contributed by atoms with van der Waals surface area (Å²) in [7, 11) is 2.01. The van der Waals surface area contributed by atoms with Crippen molar-refractivity contribution in [3.8, 4) is 11.5 Å². The first-order valence-corrected chi connectivity index (χ1v) is 7.81. The Hall–Kier alpha value is -0.740. The maximum Gasteiger partial charge on any atom is 0.162 e. The second kappa shape index (κ2) is 7.15. The number of rotatable bonds is 6. The molecule has 1 atom stereocenters. The van der Waals surface area contributed by atoms with Crippen LogP contribution in [0.2, 0.25) is 0 Å². The molecule has 1 heterocycles. The molecule has 1 aliphatic heterocycles. The van der Waals surface area contributed by atoms with Gasteiger partial charge in [0.25, 0.3) is 0 Å². The van der Waals surface area contributed by atoms with Gasteiger partial charge in [0.15, 0.2) is 11.5 Å². The van der Waals surface area contributed by atoms with Crippen LogP contribution in [0.25, 0.3) is 0 Å². The molecule has 0 bridgehead atoms. The Balaban J connectivity index is 2.17. The number of benzene rings is 1. The standard InChI is InChI=1S/C15H22BrNO2/c1-3-4-5-6-13(17-2)11-9-14-15(10-12(11)16)19-8-7-18-14/h9-10,13,17H,3-8H2,1-2H3. The van der Waals surface area contributed by atoms with Gasteiger partial charge in [0.1, 0.15) is 13.2 Å². The second-order valence-electron chi connectivity index (χ2n) is 4.85. The average Bonchev–Trinajstić information content (AvgIpc) is 2.43. The minimum absolute atomic E-state index is 0.358. The predicted octanol–water partition coefficient (Wildman–Crippen LogP) is 4.06. The van der Waals surface area contributed by atoms with Gasteiger partial charge in [-0.25, -0.2) is 0 Å². The smallest absolute Gasteiger partial charge is 0.162 e. The lowest BCUT2D eigenvalue weighted by atomic mass is 10.00. The number of fused-ring (bicyclic) bond motifs is 1. The van der Waals surface area contributed by atoms with Crippen molar-refractivity contribution in [1.29, 1.82) is 0 Å². The number of halogens is 1. The quantitative estimate of drug-likeness (QED) is 0.799. The molecule has 0 aromatic heterocycles. The predicted molar refractivity (Wildman–Crippen MR) is 81.1 cm³/mol. The molecule has 0 spiro atoms. The molecule has 0 amide bonds. The third-order valence-electron chi connectivity index (χ3n) is 3.48. The van der Waals surface area contributed by atoms with Crippen molar-refractivity contribution < 1.29 is 9.47 Å². The molecule has 2 rings (SSSR count). The molecule has 106 valence electrons. The van der Waals surface area contributed by atoms with Gasteiger partial charge in [0, 0.05) is 10.5 Å². The largest absolute Gasteiger partial charge is 0.486 e. The van der Waals surface area contributed by atoms with Gasteiger partial charge in [-0.05, 0) is 31.2 Å². The van der Waals surface area contributed by atoms with E-state index in [1.54, 1.807) is 0 Å². The van der Waals surface area contributed by atoms with Crippen molar-refractivity contribution in [2.45, 2.75) is 38.6 Å². The highest BCUT2D eigenvalue weighted by Crippen LogP contribution is 2.38. The Kier molecular flexibility index (Phi) is 5.52. The maximum atomic E-state index is 5.67. The molecule has 0 radical (unpaired) electrons. The minimum Gasteiger partial charge on any atom is -0.486 e. The third kappa shape index (κ3) is 3.63. The van der Waals surface area contributed by atoms with Crippen LogP contribution in [0.5, 0.6) is 11.5 Å². The highest BCUT2D eigenvalue weighted by Gasteiger charge is 2.19. The van der Waals surface area contributed by atoms with Crippen LogP contribution in [-0.4, -0.2) is 20.3 Å². The van der Waals surface area contributed by atoms with Crippen LogP contribution in [0.1, 0.15) is 44.2 Å². The van der Waals surface area contributed by atoms with Gasteiger partial charge in [-0.15, -0.1) is 0 Å². The Labute approximate surface area is 123 Å². The van der Waals surface area contributed by atoms with Crippen molar-refractivity contribution in [2.75, 3.05) is 20.3 Å². The summed E-state index contributed by atoms with van der Waals surface area (Å²) in [5, 5.41) is 3.40. The van der Waals surface area contributed by atoms with Gasteiger partial charge < -0.3 is 14.8 Å². The van der Waals surface area contributed by atoms with Crippen LogP contribution in [0.3, 0.4) is 0 Å². The highest BCUT2D eigenvalue weighted by atomic mass is 79.9. The van der Waals surface area contributed by atoms with E-state index in [9.17, 15) is 0 Å². The van der Waals surface area contributed by atoms with Gasteiger partial charge in [-0.2, -0.15) is 0 Å². The molecule has 0 saturated heterocycles. The van der Waals surface area contributed by atoms with E-state index in [0.717, 1.165) is 22.4 Å². The van der Waals surface area contributed by atoms with E-state index in [-0.39, 0.29) is 0 Å². The Bertz CT molecular complexity index is 423. The fraction of sp³-hybridized carbons (Fsp3) is 0.600. The van der Waals surface area contributed by atoms with E-state index in [0.29, 0.717) is 19.3 Å². The number of ether oxygens (including phenoxy) is 2. The van der Waals surface area contributed by atoms with Gasteiger partial charge in [0.2, 0.25) is 0 Å². The molecular formula is C15H22BrNO2. The zero-order chi connectivity index (χ0) is 13.7. The lowest BCUT2D eigenvalue weighted by molar-refractivity contribution is 0.171. The summed E-state index contributed by atoms with van der Waals surface area (Å²) < 4.78 is 12.4. The number of hydrogen-bond acceptors (Lipinski definition) is 3. The number of nitrogens with one attached hydrogen (secondary N) is 1. The van der Waals surface area contributed by atoms with Crippen molar-refractivity contribution in [3.05, 3.63) is 22.2 Å². The summed E-state index contributed by atoms with van der Waals surface area (Å²) in [6.07, 6.45) is 4.91. The summed E-state index contributed by atoms with van der Waals surface area (Å²) in [4.78, 5) is 0. The molecule has 1 aliphatic rings. The lowest BCUT2D eigenvalue weighted by Crippen LogP contribution is -2.19. The normalized spacial score (nSPS) is 15.3. The summed E-state index contributed by atoms with van der Waals surface area (Å²) >= 11 is 3.65. The van der Waals surface area contributed by atoms with Crippen LogP contribution >= 0.6 is 15.9 Å². The van der Waals surface area contributed by atoms with E-state index in [1.807, 2.05) is 13.1 Å². The van der Waals surface area contributed by atoms with Crippen LogP contribution in [-0.2, 0) is 0 Å². The van der Waals surface area contributed by atoms with Crippen molar-refractivity contribution in [3.63, 3.8) is 0 Å². The Morgan fingerprint density at radius 1 is 1.21 bits per heavy atom. The first-order valence-electron chi connectivity index (χ1n) is 7.02. The minimum atomic E-state index is 0.358. The van der Waals surface area contributed by atoms with E-state index >= 15 is 0 Å². The average molecular weight is 328 g/mol. The molecule has 1 N–H and O–H groups in total. The van der Waals surface area contributed by atoms with Crippen LogP contribution in [0.15, 0.2) is 16.6 Å². The Morgan fingerprint density at radius 2 is 1.89 bits per heavy atom. The lowest BCUT2D eigenvalue weighted by Gasteiger charge is -2.23. The van der Waals surface area contributed by atoms with Crippen molar-refractivity contribution >= 4 is 15.9 Å². The third-order valence-corrected chi connectivity index (χ3v) is 4.17. The summed E-state index contributed by atoms with van der Waals surface area (Å²) in [6, 6.07) is 4.48. The summed E-state index contributed by atoms with van der Waals surface area (Å²) in [6.45, 7) is 3.49. The monoisotopic (exact) mass is 327 g/mol. The zero-order valence-electron chi connectivity index (χ0n) is 11.7. The van der Waals surface area contributed by atoms with Crippen molar-refractivity contribution in [2.24, 2.45) is 0 Å². The van der Waals surface area contributed by atoms with Crippen LogP contribution < -0.4 is 14.8 Å².